The molecule has 0 aliphatic heterocycles. The summed E-state index contributed by atoms with van der Waals surface area (Å²) in [6, 6.07) is 7.05. The molecule has 1 aromatic rings. The summed E-state index contributed by atoms with van der Waals surface area (Å²) < 4.78 is 26.6. The highest BCUT2D eigenvalue weighted by Gasteiger charge is 2.24. The van der Waals surface area contributed by atoms with Crippen LogP contribution in [0.3, 0.4) is 0 Å². The van der Waals surface area contributed by atoms with Gasteiger partial charge in [0.05, 0.1) is 5.69 Å². The van der Waals surface area contributed by atoms with Gasteiger partial charge in [-0.05, 0) is 25.0 Å². The van der Waals surface area contributed by atoms with Gasteiger partial charge in [0, 0.05) is 20.1 Å². The molecule has 0 heterocycles. The number of hydrogen-bond donors (Lipinski definition) is 1. The van der Waals surface area contributed by atoms with E-state index < -0.39 is 10.0 Å². The first kappa shape index (κ1) is 16.0. The molecule has 0 aliphatic rings. The SMILES string of the molecule is CCNc1ccccc1S(=O)(=O)N(C)CC(C)CC. The lowest BCUT2D eigenvalue weighted by molar-refractivity contribution is 0.394. The van der Waals surface area contributed by atoms with E-state index in [0.717, 1.165) is 6.42 Å². The molecule has 1 aromatic carbocycles. The number of hydrogen-bond acceptors (Lipinski definition) is 3. The van der Waals surface area contributed by atoms with Crippen molar-refractivity contribution in [3.8, 4) is 0 Å². The number of nitrogens with one attached hydrogen (secondary N) is 1. The van der Waals surface area contributed by atoms with Crippen molar-refractivity contribution < 1.29 is 8.42 Å². The van der Waals surface area contributed by atoms with E-state index in [1.165, 1.54) is 4.31 Å². The van der Waals surface area contributed by atoms with Crippen molar-refractivity contribution in [3.63, 3.8) is 0 Å². The molecule has 0 saturated heterocycles. The maximum absolute atomic E-state index is 12.6. The molecule has 1 rings (SSSR count). The van der Waals surface area contributed by atoms with Crippen molar-refractivity contribution in [3.05, 3.63) is 24.3 Å². The van der Waals surface area contributed by atoms with Gasteiger partial charge in [-0.15, -0.1) is 0 Å². The van der Waals surface area contributed by atoms with Crippen molar-refractivity contribution in [2.45, 2.75) is 32.1 Å². The van der Waals surface area contributed by atoms with Crippen molar-refractivity contribution in [2.75, 3.05) is 25.5 Å². The van der Waals surface area contributed by atoms with Crippen molar-refractivity contribution in [2.24, 2.45) is 5.92 Å². The molecule has 0 aliphatic carbocycles. The number of sulfonamides is 1. The van der Waals surface area contributed by atoms with Gasteiger partial charge in [-0.2, -0.15) is 0 Å². The Kier molecular flexibility index (Phi) is 5.82. The lowest BCUT2D eigenvalue weighted by atomic mass is 10.1. The Balaban J connectivity index is 3.06. The fourth-order valence-electron chi connectivity index (χ4n) is 1.86. The van der Waals surface area contributed by atoms with Crippen LogP contribution in [0.1, 0.15) is 27.2 Å². The van der Waals surface area contributed by atoms with Crippen LogP contribution in [0.25, 0.3) is 0 Å². The molecule has 108 valence electrons. The molecular formula is C14H24N2O2S. The van der Waals surface area contributed by atoms with Gasteiger partial charge in [0.2, 0.25) is 10.0 Å². The highest BCUT2D eigenvalue weighted by Crippen LogP contribution is 2.24. The van der Waals surface area contributed by atoms with Gasteiger partial charge in [0.25, 0.3) is 0 Å². The number of anilines is 1. The molecule has 0 radical (unpaired) electrons. The van der Waals surface area contributed by atoms with Gasteiger partial charge in [-0.3, -0.25) is 0 Å². The molecule has 0 saturated carbocycles. The van der Waals surface area contributed by atoms with Gasteiger partial charge >= 0.3 is 0 Å². The zero-order valence-electron chi connectivity index (χ0n) is 12.2. The highest BCUT2D eigenvalue weighted by atomic mass is 32.2. The third-order valence-corrected chi connectivity index (χ3v) is 5.09. The average Bonchev–Trinajstić information content (AvgIpc) is 2.39. The molecule has 1 unspecified atom stereocenters. The first-order valence-electron chi connectivity index (χ1n) is 6.72. The summed E-state index contributed by atoms with van der Waals surface area (Å²) >= 11 is 0. The van der Waals surface area contributed by atoms with Crippen LogP contribution in [0.5, 0.6) is 0 Å². The monoisotopic (exact) mass is 284 g/mol. The Morgan fingerprint density at radius 2 is 1.89 bits per heavy atom. The predicted octanol–water partition coefficient (Wildman–Crippen LogP) is 2.79. The van der Waals surface area contributed by atoms with Crippen LogP contribution in [-0.4, -0.2) is 32.9 Å². The summed E-state index contributed by atoms with van der Waals surface area (Å²) in [5.41, 5.74) is 0.668. The van der Waals surface area contributed by atoms with Crippen LogP contribution in [0, 0.1) is 5.92 Å². The molecule has 1 N–H and O–H groups in total. The second-order valence-electron chi connectivity index (χ2n) is 4.83. The number of rotatable bonds is 7. The summed E-state index contributed by atoms with van der Waals surface area (Å²) in [5, 5.41) is 3.10. The summed E-state index contributed by atoms with van der Waals surface area (Å²) in [6.45, 7) is 7.31. The Labute approximate surface area is 116 Å². The minimum atomic E-state index is -3.43. The first-order valence-corrected chi connectivity index (χ1v) is 8.16. The molecule has 0 aromatic heterocycles. The third kappa shape index (κ3) is 3.94. The normalized spacial score (nSPS) is 13.5. The van der Waals surface area contributed by atoms with Crippen LogP contribution in [0.2, 0.25) is 0 Å². The summed E-state index contributed by atoms with van der Waals surface area (Å²) in [4.78, 5) is 0.350. The smallest absolute Gasteiger partial charge is 0.244 e. The molecular weight excluding hydrogens is 260 g/mol. The molecule has 4 nitrogen and oxygen atoms in total. The highest BCUT2D eigenvalue weighted by molar-refractivity contribution is 7.89. The molecule has 0 bridgehead atoms. The van der Waals surface area contributed by atoms with Crippen LogP contribution in [0.4, 0.5) is 5.69 Å². The van der Waals surface area contributed by atoms with Crippen LogP contribution in [-0.2, 0) is 10.0 Å². The van der Waals surface area contributed by atoms with E-state index in [4.69, 9.17) is 0 Å². The number of nitrogens with zero attached hydrogens (tertiary/aromatic N) is 1. The van der Waals surface area contributed by atoms with E-state index >= 15 is 0 Å². The van der Waals surface area contributed by atoms with Crippen LogP contribution < -0.4 is 5.32 Å². The summed E-state index contributed by atoms with van der Waals surface area (Å²) in [5.74, 6) is 0.353. The quantitative estimate of drug-likeness (QED) is 0.837. The van der Waals surface area contributed by atoms with Gasteiger partial charge in [-0.25, -0.2) is 12.7 Å². The van der Waals surface area contributed by atoms with E-state index in [1.54, 1.807) is 25.2 Å². The largest absolute Gasteiger partial charge is 0.384 e. The fraction of sp³-hybridized carbons (Fsp3) is 0.571. The van der Waals surface area contributed by atoms with E-state index in [9.17, 15) is 8.42 Å². The first-order chi connectivity index (χ1) is 8.93. The lowest BCUT2D eigenvalue weighted by Crippen LogP contribution is -2.31. The molecule has 0 spiro atoms. The Hall–Kier alpha value is -1.07. The molecule has 1 atom stereocenters. The standard InChI is InChI=1S/C14H24N2O2S/c1-5-12(3)11-16(4)19(17,18)14-10-8-7-9-13(14)15-6-2/h7-10,12,15H,5-6,11H2,1-4H3. The van der Waals surface area contributed by atoms with Gasteiger partial charge < -0.3 is 5.32 Å². The Morgan fingerprint density at radius 1 is 1.26 bits per heavy atom. The van der Waals surface area contributed by atoms with Crippen LogP contribution in [0.15, 0.2) is 29.2 Å². The molecule has 5 heteroatoms. The third-order valence-electron chi connectivity index (χ3n) is 3.21. The predicted molar refractivity (Wildman–Crippen MR) is 79.9 cm³/mol. The fourth-order valence-corrected chi connectivity index (χ4v) is 3.32. The van der Waals surface area contributed by atoms with Crippen molar-refractivity contribution in [1.82, 2.24) is 4.31 Å². The Bertz CT molecular complexity index is 500. The zero-order chi connectivity index (χ0) is 14.5. The van der Waals surface area contributed by atoms with E-state index in [1.807, 2.05) is 13.0 Å². The summed E-state index contributed by atoms with van der Waals surface area (Å²) in [7, 11) is -1.78. The second-order valence-corrected chi connectivity index (χ2v) is 6.84. The molecule has 0 fully saturated rings. The van der Waals surface area contributed by atoms with E-state index in [0.29, 0.717) is 29.6 Å². The second kappa shape index (κ2) is 6.91. The number of para-hydroxylation sites is 1. The molecule has 0 amide bonds. The molecule has 19 heavy (non-hydrogen) atoms. The lowest BCUT2D eigenvalue weighted by Gasteiger charge is -2.22. The van der Waals surface area contributed by atoms with Gasteiger partial charge in [0.15, 0.2) is 0 Å². The van der Waals surface area contributed by atoms with Gasteiger partial charge in [0.1, 0.15) is 4.90 Å². The minimum absolute atomic E-state index is 0.350. The maximum atomic E-state index is 12.6. The minimum Gasteiger partial charge on any atom is -0.384 e. The average molecular weight is 284 g/mol. The summed E-state index contributed by atoms with van der Waals surface area (Å²) in [6.07, 6.45) is 0.967. The number of benzene rings is 1. The van der Waals surface area contributed by atoms with E-state index in [-0.39, 0.29) is 0 Å². The topological polar surface area (TPSA) is 49.4 Å². The van der Waals surface area contributed by atoms with Crippen molar-refractivity contribution >= 4 is 15.7 Å². The zero-order valence-corrected chi connectivity index (χ0v) is 13.0. The van der Waals surface area contributed by atoms with Crippen LogP contribution >= 0.6 is 0 Å². The van der Waals surface area contributed by atoms with Crippen molar-refractivity contribution in [1.29, 1.82) is 0 Å². The van der Waals surface area contributed by atoms with Gasteiger partial charge in [-0.1, -0.05) is 32.4 Å². The maximum Gasteiger partial charge on any atom is 0.244 e. The van der Waals surface area contributed by atoms with E-state index in [2.05, 4.69) is 19.2 Å². The Morgan fingerprint density at radius 3 is 2.47 bits per heavy atom.